The maximum absolute atomic E-state index is 10.3. The number of nitrogens with zero attached hydrogens (tertiary/aromatic N) is 1. The van der Waals surface area contributed by atoms with Crippen LogP contribution in [0.1, 0.15) is 42.9 Å². The molecule has 0 bridgehead atoms. The highest BCUT2D eigenvalue weighted by Crippen LogP contribution is 2.51. The van der Waals surface area contributed by atoms with Crippen LogP contribution in [0.15, 0.2) is 18.2 Å². The van der Waals surface area contributed by atoms with E-state index >= 15 is 0 Å². The van der Waals surface area contributed by atoms with Crippen molar-refractivity contribution in [3.8, 4) is 0 Å². The Morgan fingerprint density at radius 3 is 2.41 bits per heavy atom. The van der Waals surface area contributed by atoms with Crippen LogP contribution in [0.4, 0.5) is 0 Å². The van der Waals surface area contributed by atoms with Gasteiger partial charge in [-0.1, -0.05) is 18.2 Å². The molecule has 1 saturated heterocycles. The van der Waals surface area contributed by atoms with Gasteiger partial charge in [0, 0.05) is 25.0 Å². The first-order valence-corrected chi connectivity index (χ1v) is 8.64. The molecule has 1 spiro atoms. The van der Waals surface area contributed by atoms with Crippen LogP contribution in [0.25, 0.3) is 0 Å². The first-order chi connectivity index (χ1) is 10.6. The lowest BCUT2D eigenvalue weighted by Crippen LogP contribution is -2.62. The highest BCUT2D eigenvalue weighted by Gasteiger charge is 2.55. The van der Waals surface area contributed by atoms with Crippen LogP contribution >= 0.6 is 0 Å². The second-order valence-corrected chi connectivity index (χ2v) is 7.08. The Hall–Kier alpha value is -0.900. The maximum atomic E-state index is 10.3. The Bertz CT molecular complexity index is 498. The summed E-state index contributed by atoms with van der Waals surface area (Å²) >= 11 is 0. The van der Waals surface area contributed by atoms with E-state index in [1.807, 2.05) is 0 Å². The minimum absolute atomic E-state index is 0.0350. The van der Waals surface area contributed by atoms with Crippen LogP contribution in [0, 0.1) is 19.3 Å². The number of aryl methyl sites for hydroxylation is 2. The third kappa shape index (κ3) is 2.70. The standard InChI is InChI=1S/C19H29NO2/c1-4-22-18-12-17(21)19(18)8-10-20(11-9-19)13-16-14(2)6-5-7-15(16)3/h5-7,17-18,21H,4,8-13H2,1-3H3. The van der Waals surface area contributed by atoms with Gasteiger partial charge in [-0.3, -0.25) is 4.90 Å². The fourth-order valence-corrected chi connectivity index (χ4v) is 4.27. The Morgan fingerprint density at radius 2 is 1.86 bits per heavy atom. The van der Waals surface area contributed by atoms with Crippen molar-refractivity contribution in [2.75, 3.05) is 19.7 Å². The fourth-order valence-electron chi connectivity index (χ4n) is 4.27. The molecule has 2 atom stereocenters. The molecule has 1 aliphatic heterocycles. The lowest BCUT2D eigenvalue weighted by atomic mass is 9.58. The summed E-state index contributed by atoms with van der Waals surface area (Å²) in [6, 6.07) is 6.54. The Balaban J connectivity index is 1.62. The summed E-state index contributed by atoms with van der Waals surface area (Å²) in [5.74, 6) is 0. The summed E-state index contributed by atoms with van der Waals surface area (Å²) in [4.78, 5) is 2.54. The van der Waals surface area contributed by atoms with Gasteiger partial charge in [0.05, 0.1) is 12.2 Å². The zero-order valence-corrected chi connectivity index (χ0v) is 14.1. The zero-order chi connectivity index (χ0) is 15.7. The molecular formula is C19H29NO2. The highest BCUT2D eigenvalue weighted by molar-refractivity contribution is 5.33. The SMILES string of the molecule is CCOC1CC(O)C12CCN(Cc1c(C)cccc1C)CC2. The van der Waals surface area contributed by atoms with Gasteiger partial charge in [-0.05, 0) is 63.4 Å². The van der Waals surface area contributed by atoms with Crippen LogP contribution in [0.3, 0.4) is 0 Å². The second-order valence-electron chi connectivity index (χ2n) is 7.08. The molecule has 2 unspecified atom stereocenters. The molecule has 3 heteroatoms. The molecule has 0 amide bonds. The topological polar surface area (TPSA) is 32.7 Å². The summed E-state index contributed by atoms with van der Waals surface area (Å²) in [7, 11) is 0. The Morgan fingerprint density at radius 1 is 1.23 bits per heavy atom. The molecule has 0 radical (unpaired) electrons. The molecule has 2 aliphatic rings. The van der Waals surface area contributed by atoms with Gasteiger partial charge in [0.2, 0.25) is 0 Å². The average Bonchev–Trinajstić information content (AvgIpc) is 2.51. The first kappa shape index (κ1) is 16.0. The van der Waals surface area contributed by atoms with Crippen molar-refractivity contribution in [2.45, 2.75) is 58.8 Å². The van der Waals surface area contributed by atoms with Gasteiger partial charge in [0.1, 0.15) is 0 Å². The molecule has 1 N–H and O–H groups in total. The normalized spacial score (nSPS) is 27.8. The number of hydrogen-bond donors (Lipinski definition) is 1. The van der Waals surface area contributed by atoms with Gasteiger partial charge in [-0.2, -0.15) is 0 Å². The van der Waals surface area contributed by atoms with Crippen molar-refractivity contribution >= 4 is 0 Å². The van der Waals surface area contributed by atoms with Crippen molar-refractivity contribution in [1.29, 1.82) is 0 Å². The molecule has 3 rings (SSSR count). The number of rotatable bonds is 4. The number of benzene rings is 1. The molecule has 1 aromatic carbocycles. The molecule has 0 aromatic heterocycles. The minimum atomic E-state index is -0.161. The molecule has 1 aromatic rings. The number of aliphatic hydroxyl groups excluding tert-OH is 1. The number of piperidine rings is 1. The van der Waals surface area contributed by atoms with E-state index in [9.17, 15) is 5.11 Å². The summed E-state index contributed by atoms with van der Waals surface area (Å²) in [6.07, 6.45) is 3.05. The minimum Gasteiger partial charge on any atom is -0.392 e. The highest BCUT2D eigenvalue weighted by atomic mass is 16.5. The summed E-state index contributed by atoms with van der Waals surface area (Å²) < 4.78 is 5.85. The van der Waals surface area contributed by atoms with E-state index in [1.165, 1.54) is 16.7 Å². The van der Waals surface area contributed by atoms with Crippen molar-refractivity contribution in [3.05, 3.63) is 34.9 Å². The van der Waals surface area contributed by atoms with Crippen LogP contribution in [0.5, 0.6) is 0 Å². The predicted molar refractivity (Wildman–Crippen MR) is 88.9 cm³/mol. The molecule has 122 valence electrons. The van der Waals surface area contributed by atoms with Gasteiger partial charge >= 0.3 is 0 Å². The predicted octanol–water partition coefficient (Wildman–Crippen LogP) is 3.06. The molecule has 1 heterocycles. The van der Waals surface area contributed by atoms with Gasteiger partial charge in [-0.25, -0.2) is 0 Å². The largest absolute Gasteiger partial charge is 0.392 e. The number of aliphatic hydroxyl groups is 1. The average molecular weight is 303 g/mol. The van der Waals surface area contributed by atoms with Crippen LogP contribution < -0.4 is 0 Å². The van der Waals surface area contributed by atoms with E-state index in [2.05, 4.69) is 43.9 Å². The fraction of sp³-hybridized carbons (Fsp3) is 0.684. The van der Waals surface area contributed by atoms with Crippen LogP contribution in [-0.4, -0.2) is 41.9 Å². The van der Waals surface area contributed by atoms with E-state index in [4.69, 9.17) is 4.74 Å². The summed E-state index contributed by atoms with van der Waals surface area (Å²) in [5.41, 5.74) is 4.27. The van der Waals surface area contributed by atoms with Gasteiger partial charge in [0.15, 0.2) is 0 Å². The van der Waals surface area contributed by atoms with Crippen LogP contribution in [-0.2, 0) is 11.3 Å². The summed E-state index contributed by atoms with van der Waals surface area (Å²) in [5, 5.41) is 10.3. The zero-order valence-electron chi connectivity index (χ0n) is 14.1. The van der Waals surface area contributed by atoms with Crippen LogP contribution in [0.2, 0.25) is 0 Å². The maximum Gasteiger partial charge on any atom is 0.0681 e. The third-order valence-corrected chi connectivity index (χ3v) is 5.92. The van der Waals surface area contributed by atoms with Crippen molar-refractivity contribution in [3.63, 3.8) is 0 Å². The second kappa shape index (κ2) is 6.31. The van der Waals surface area contributed by atoms with Gasteiger partial charge < -0.3 is 9.84 Å². The quantitative estimate of drug-likeness (QED) is 0.928. The molecular weight excluding hydrogens is 274 g/mol. The van der Waals surface area contributed by atoms with Crippen molar-refractivity contribution in [1.82, 2.24) is 4.90 Å². The van der Waals surface area contributed by atoms with E-state index in [-0.39, 0.29) is 17.6 Å². The molecule has 1 saturated carbocycles. The third-order valence-electron chi connectivity index (χ3n) is 5.92. The Labute approximate surface area is 134 Å². The lowest BCUT2D eigenvalue weighted by Gasteiger charge is -2.56. The van der Waals surface area contributed by atoms with Crippen molar-refractivity contribution in [2.24, 2.45) is 5.41 Å². The van der Waals surface area contributed by atoms with E-state index in [0.717, 1.165) is 45.5 Å². The molecule has 3 nitrogen and oxygen atoms in total. The first-order valence-electron chi connectivity index (χ1n) is 8.64. The number of hydrogen-bond acceptors (Lipinski definition) is 3. The molecule has 1 aliphatic carbocycles. The lowest BCUT2D eigenvalue weighted by molar-refractivity contribution is -0.209. The molecule has 2 fully saturated rings. The smallest absolute Gasteiger partial charge is 0.0681 e. The number of likely N-dealkylation sites (tertiary alicyclic amines) is 1. The van der Waals surface area contributed by atoms with Gasteiger partial charge in [0.25, 0.3) is 0 Å². The summed E-state index contributed by atoms with van der Waals surface area (Å²) in [6.45, 7) is 10.4. The van der Waals surface area contributed by atoms with E-state index in [0.29, 0.717) is 0 Å². The Kier molecular flexibility index (Phi) is 4.58. The van der Waals surface area contributed by atoms with Crippen molar-refractivity contribution < 1.29 is 9.84 Å². The monoisotopic (exact) mass is 303 g/mol. The van der Waals surface area contributed by atoms with Gasteiger partial charge in [-0.15, -0.1) is 0 Å². The number of ether oxygens (including phenoxy) is 1. The molecule has 22 heavy (non-hydrogen) atoms. The van der Waals surface area contributed by atoms with E-state index < -0.39 is 0 Å². The van der Waals surface area contributed by atoms with E-state index in [1.54, 1.807) is 0 Å².